The van der Waals surface area contributed by atoms with Crippen LogP contribution in [0.4, 0.5) is 5.69 Å². The summed E-state index contributed by atoms with van der Waals surface area (Å²) in [4.78, 5) is 0. The molecule has 1 aromatic heterocycles. The van der Waals surface area contributed by atoms with Crippen LogP contribution >= 0.6 is 0 Å². The molecule has 3 N–H and O–H groups in total. The summed E-state index contributed by atoms with van der Waals surface area (Å²) < 4.78 is 5.06. The molecule has 0 saturated carbocycles. The van der Waals surface area contributed by atoms with Crippen molar-refractivity contribution in [2.45, 2.75) is 6.10 Å². The summed E-state index contributed by atoms with van der Waals surface area (Å²) in [6, 6.07) is 7.34. The first-order chi connectivity index (χ1) is 8.29. The van der Waals surface area contributed by atoms with Crippen LogP contribution in [-0.2, 0) is 0 Å². The van der Waals surface area contributed by atoms with Crippen LogP contribution < -0.4 is 5.32 Å². The number of aliphatic hydroxyl groups is 2. The summed E-state index contributed by atoms with van der Waals surface area (Å²) >= 11 is 0. The minimum atomic E-state index is -0.759. The number of nitrogens with one attached hydrogen (secondary N) is 1. The van der Waals surface area contributed by atoms with Gasteiger partial charge in [-0.25, -0.2) is 0 Å². The number of aliphatic hydroxyl groups excluding tert-OH is 2. The summed E-state index contributed by atoms with van der Waals surface area (Å²) in [6.45, 7) is 0.0451. The summed E-state index contributed by atoms with van der Waals surface area (Å²) in [6.07, 6.45) is 0.518. The van der Waals surface area contributed by atoms with Gasteiger partial charge in [0.05, 0.1) is 12.7 Å². The zero-order valence-corrected chi connectivity index (χ0v) is 9.08. The van der Waals surface area contributed by atoms with E-state index in [0.717, 1.165) is 11.3 Å². The Morgan fingerprint density at radius 1 is 1.29 bits per heavy atom. The lowest BCUT2D eigenvalue weighted by Gasteiger charge is -2.10. The van der Waals surface area contributed by atoms with E-state index >= 15 is 0 Å². The van der Waals surface area contributed by atoms with Crippen LogP contribution in [0.5, 0.6) is 0 Å². The van der Waals surface area contributed by atoms with E-state index in [0.29, 0.717) is 12.4 Å². The fourth-order valence-corrected chi connectivity index (χ4v) is 1.33. The first kappa shape index (κ1) is 11.6. The Labute approximate surface area is 97.9 Å². The third-order valence-corrected chi connectivity index (χ3v) is 2.24. The van der Waals surface area contributed by atoms with Gasteiger partial charge in [0.25, 0.3) is 0 Å². The Bertz CT molecular complexity index is 441. The fourth-order valence-electron chi connectivity index (χ4n) is 1.33. The molecule has 0 bridgehead atoms. The molecule has 0 amide bonds. The van der Waals surface area contributed by atoms with Crippen LogP contribution in [0.25, 0.3) is 11.5 Å². The topological polar surface area (TPSA) is 91.4 Å². The van der Waals surface area contributed by atoms with E-state index in [9.17, 15) is 5.11 Å². The van der Waals surface area contributed by atoms with Crippen molar-refractivity contribution in [3.05, 3.63) is 30.7 Å². The Balaban J connectivity index is 1.99. The van der Waals surface area contributed by atoms with E-state index in [4.69, 9.17) is 9.52 Å². The van der Waals surface area contributed by atoms with Gasteiger partial charge in [0.15, 0.2) is 0 Å². The number of rotatable bonds is 5. The highest BCUT2D eigenvalue weighted by molar-refractivity contribution is 5.58. The van der Waals surface area contributed by atoms with Crippen molar-refractivity contribution in [3.8, 4) is 11.5 Å². The molecule has 6 heteroatoms. The third kappa shape index (κ3) is 3.02. The molecule has 0 aliphatic carbocycles. The van der Waals surface area contributed by atoms with Gasteiger partial charge < -0.3 is 19.9 Å². The van der Waals surface area contributed by atoms with Gasteiger partial charge in [-0.3, -0.25) is 0 Å². The molecule has 90 valence electrons. The highest BCUT2D eigenvalue weighted by Crippen LogP contribution is 2.18. The molecule has 1 heterocycles. The lowest BCUT2D eigenvalue weighted by atomic mass is 10.2. The van der Waals surface area contributed by atoms with E-state index in [1.807, 2.05) is 24.3 Å². The molecule has 1 atom stereocenters. The van der Waals surface area contributed by atoms with Crippen molar-refractivity contribution >= 4 is 5.69 Å². The van der Waals surface area contributed by atoms with E-state index in [-0.39, 0.29) is 6.61 Å². The van der Waals surface area contributed by atoms with Crippen LogP contribution in [0, 0.1) is 0 Å². The van der Waals surface area contributed by atoms with Gasteiger partial charge in [-0.1, -0.05) is 0 Å². The number of nitrogens with zero attached hydrogens (tertiary/aromatic N) is 2. The molecule has 2 rings (SSSR count). The molecule has 0 aliphatic rings. The van der Waals surface area contributed by atoms with Crippen LogP contribution in [0.1, 0.15) is 0 Å². The summed E-state index contributed by atoms with van der Waals surface area (Å²) in [7, 11) is 0. The van der Waals surface area contributed by atoms with Crippen LogP contribution in [0.3, 0.4) is 0 Å². The minimum absolute atomic E-state index is 0.257. The molecule has 17 heavy (non-hydrogen) atoms. The van der Waals surface area contributed by atoms with Crippen molar-refractivity contribution in [1.82, 2.24) is 10.2 Å². The zero-order chi connectivity index (χ0) is 12.1. The van der Waals surface area contributed by atoms with Crippen molar-refractivity contribution in [1.29, 1.82) is 0 Å². The molecule has 0 saturated heterocycles. The molecule has 6 nitrogen and oxygen atoms in total. The van der Waals surface area contributed by atoms with Gasteiger partial charge in [-0.2, -0.15) is 0 Å². The van der Waals surface area contributed by atoms with Crippen LogP contribution in [0.2, 0.25) is 0 Å². The molecule has 0 radical (unpaired) electrons. The van der Waals surface area contributed by atoms with Gasteiger partial charge in [-0.15, -0.1) is 10.2 Å². The molecule has 0 aliphatic heterocycles. The highest BCUT2D eigenvalue weighted by Gasteiger charge is 2.04. The average Bonchev–Trinajstić information content (AvgIpc) is 2.90. The normalized spacial score (nSPS) is 12.4. The lowest BCUT2D eigenvalue weighted by molar-refractivity contribution is 0.105. The second-order valence-corrected chi connectivity index (χ2v) is 3.54. The lowest BCUT2D eigenvalue weighted by Crippen LogP contribution is -2.22. The number of aromatic nitrogens is 2. The maximum absolute atomic E-state index is 9.18. The summed E-state index contributed by atoms with van der Waals surface area (Å²) in [5.74, 6) is 0.465. The monoisotopic (exact) mass is 235 g/mol. The van der Waals surface area contributed by atoms with E-state index in [1.54, 1.807) is 0 Å². The van der Waals surface area contributed by atoms with Gasteiger partial charge in [0.1, 0.15) is 0 Å². The second kappa shape index (κ2) is 5.42. The summed E-state index contributed by atoms with van der Waals surface area (Å²) in [5.41, 5.74) is 1.68. The standard InChI is InChI=1S/C11H13N3O3/c15-6-10(16)5-12-9-3-1-8(2-4-9)11-14-13-7-17-11/h1-4,7,10,12,15-16H,5-6H2. The zero-order valence-electron chi connectivity index (χ0n) is 9.08. The van der Waals surface area contributed by atoms with Crippen molar-refractivity contribution in [2.24, 2.45) is 0 Å². The van der Waals surface area contributed by atoms with E-state index < -0.39 is 6.10 Å². The van der Waals surface area contributed by atoms with Gasteiger partial charge in [0.2, 0.25) is 12.3 Å². The van der Waals surface area contributed by atoms with Crippen LogP contribution in [-0.4, -0.2) is 39.7 Å². The predicted octanol–water partition coefficient (Wildman–Crippen LogP) is 0.502. The van der Waals surface area contributed by atoms with Crippen molar-refractivity contribution in [2.75, 3.05) is 18.5 Å². The maximum Gasteiger partial charge on any atom is 0.247 e. The second-order valence-electron chi connectivity index (χ2n) is 3.54. The summed E-state index contributed by atoms with van der Waals surface area (Å²) in [5, 5.41) is 28.2. The van der Waals surface area contributed by atoms with Gasteiger partial charge in [-0.05, 0) is 24.3 Å². The first-order valence-electron chi connectivity index (χ1n) is 5.19. The van der Waals surface area contributed by atoms with Gasteiger partial charge in [0, 0.05) is 17.8 Å². The molecule has 0 spiro atoms. The molecule has 0 fully saturated rings. The van der Waals surface area contributed by atoms with E-state index in [1.165, 1.54) is 6.39 Å². The number of benzene rings is 1. The Kier molecular flexibility index (Phi) is 3.69. The molecule has 2 aromatic rings. The molecule has 1 unspecified atom stereocenters. The largest absolute Gasteiger partial charge is 0.423 e. The highest BCUT2D eigenvalue weighted by atomic mass is 16.4. The molecule has 1 aromatic carbocycles. The Morgan fingerprint density at radius 3 is 2.65 bits per heavy atom. The smallest absolute Gasteiger partial charge is 0.247 e. The molecular weight excluding hydrogens is 222 g/mol. The van der Waals surface area contributed by atoms with Crippen LogP contribution in [0.15, 0.2) is 35.1 Å². The molecular formula is C11H13N3O3. The average molecular weight is 235 g/mol. The quantitative estimate of drug-likeness (QED) is 0.699. The maximum atomic E-state index is 9.18. The SMILES string of the molecule is OCC(O)CNc1ccc(-c2nnco2)cc1. The number of anilines is 1. The Morgan fingerprint density at radius 2 is 2.06 bits per heavy atom. The first-order valence-corrected chi connectivity index (χ1v) is 5.19. The fraction of sp³-hybridized carbons (Fsp3) is 0.273. The number of hydrogen-bond acceptors (Lipinski definition) is 6. The predicted molar refractivity (Wildman–Crippen MR) is 61.3 cm³/mol. The van der Waals surface area contributed by atoms with Crippen molar-refractivity contribution in [3.63, 3.8) is 0 Å². The van der Waals surface area contributed by atoms with E-state index in [2.05, 4.69) is 15.5 Å². The van der Waals surface area contributed by atoms with Gasteiger partial charge >= 0.3 is 0 Å². The van der Waals surface area contributed by atoms with Crippen molar-refractivity contribution < 1.29 is 14.6 Å². The number of hydrogen-bond donors (Lipinski definition) is 3. The Hall–Kier alpha value is -1.92. The third-order valence-electron chi connectivity index (χ3n) is 2.24. The minimum Gasteiger partial charge on any atom is -0.423 e.